The summed E-state index contributed by atoms with van der Waals surface area (Å²) in [4.78, 5) is 14.6. The van der Waals surface area contributed by atoms with Crippen molar-refractivity contribution >= 4 is 17.3 Å². The van der Waals surface area contributed by atoms with Gasteiger partial charge in [0.25, 0.3) is 0 Å². The fraction of sp³-hybridized carbons (Fsp3) is 0.333. The summed E-state index contributed by atoms with van der Waals surface area (Å²) in [7, 11) is 1.71. The van der Waals surface area contributed by atoms with E-state index in [1.165, 1.54) is 6.07 Å². The summed E-state index contributed by atoms with van der Waals surface area (Å²) in [6.07, 6.45) is 3.68. The highest BCUT2D eigenvalue weighted by atomic mass is 16.6. The van der Waals surface area contributed by atoms with Crippen LogP contribution in [0, 0.1) is 17.0 Å². The Morgan fingerprint density at radius 3 is 2.85 bits per heavy atom. The third-order valence-corrected chi connectivity index (χ3v) is 2.72. The normalized spacial score (nSPS) is 10.3. The second kappa shape index (κ2) is 6.00. The van der Waals surface area contributed by atoms with Gasteiger partial charge in [0.15, 0.2) is 0 Å². The van der Waals surface area contributed by atoms with Crippen LogP contribution in [0.2, 0.25) is 0 Å². The summed E-state index contributed by atoms with van der Waals surface area (Å²) in [5, 5.41) is 20.9. The Morgan fingerprint density at radius 1 is 1.45 bits per heavy atom. The number of hydrogen-bond donors (Lipinski definition) is 2. The van der Waals surface area contributed by atoms with Crippen molar-refractivity contribution in [1.29, 1.82) is 0 Å². The van der Waals surface area contributed by atoms with Crippen LogP contribution in [0.25, 0.3) is 0 Å². The van der Waals surface area contributed by atoms with Gasteiger partial charge in [-0.1, -0.05) is 0 Å². The van der Waals surface area contributed by atoms with E-state index in [4.69, 9.17) is 0 Å². The molecule has 0 spiro atoms. The predicted octanol–water partition coefficient (Wildman–Crippen LogP) is 1.65. The number of hydrogen-bond acceptors (Lipinski definition) is 6. The number of aryl methyl sites for hydroxylation is 1. The standard InChI is InChI=1S/C12H16N6O2/c1-9-7-15-17(8-9)6-5-14-12-10(18(19)20)3-4-11(13-2)16-12/h3-4,7-8H,5-6H2,1-2H3,(H2,13,14,16). The molecule has 0 fully saturated rings. The third-order valence-electron chi connectivity index (χ3n) is 2.72. The van der Waals surface area contributed by atoms with Crippen molar-refractivity contribution in [2.45, 2.75) is 13.5 Å². The maximum Gasteiger partial charge on any atom is 0.311 e. The Kier molecular flexibility index (Phi) is 4.14. The third kappa shape index (κ3) is 3.22. The highest BCUT2D eigenvalue weighted by molar-refractivity contribution is 5.60. The molecule has 8 nitrogen and oxygen atoms in total. The number of nitrogens with one attached hydrogen (secondary N) is 2. The van der Waals surface area contributed by atoms with Crippen molar-refractivity contribution in [3.63, 3.8) is 0 Å². The summed E-state index contributed by atoms with van der Waals surface area (Å²) >= 11 is 0. The number of rotatable bonds is 6. The molecule has 0 amide bonds. The van der Waals surface area contributed by atoms with Gasteiger partial charge in [-0.25, -0.2) is 4.98 Å². The van der Waals surface area contributed by atoms with Gasteiger partial charge < -0.3 is 10.6 Å². The fourth-order valence-electron chi connectivity index (χ4n) is 1.75. The van der Waals surface area contributed by atoms with Crippen LogP contribution in [0.3, 0.4) is 0 Å². The monoisotopic (exact) mass is 276 g/mol. The zero-order valence-corrected chi connectivity index (χ0v) is 11.3. The zero-order valence-electron chi connectivity index (χ0n) is 11.3. The quantitative estimate of drug-likeness (QED) is 0.615. The van der Waals surface area contributed by atoms with Crippen LogP contribution < -0.4 is 10.6 Å². The van der Waals surface area contributed by atoms with E-state index in [1.54, 1.807) is 24.0 Å². The van der Waals surface area contributed by atoms with Crippen LogP contribution in [0.4, 0.5) is 17.3 Å². The lowest BCUT2D eigenvalue weighted by Gasteiger charge is -2.08. The molecule has 0 aliphatic rings. The Labute approximate surface area is 116 Å². The first-order valence-electron chi connectivity index (χ1n) is 6.16. The summed E-state index contributed by atoms with van der Waals surface area (Å²) in [5.74, 6) is 0.832. The van der Waals surface area contributed by atoms with Gasteiger partial charge >= 0.3 is 5.69 Å². The van der Waals surface area contributed by atoms with E-state index in [2.05, 4.69) is 20.7 Å². The molecule has 2 aromatic heterocycles. The number of pyridine rings is 1. The molecule has 0 unspecified atom stereocenters. The van der Waals surface area contributed by atoms with E-state index >= 15 is 0 Å². The highest BCUT2D eigenvalue weighted by Crippen LogP contribution is 2.23. The van der Waals surface area contributed by atoms with E-state index in [0.717, 1.165) is 5.56 Å². The topological polar surface area (TPSA) is 97.9 Å². The van der Waals surface area contributed by atoms with Crippen molar-refractivity contribution in [1.82, 2.24) is 14.8 Å². The fourth-order valence-corrected chi connectivity index (χ4v) is 1.75. The lowest BCUT2D eigenvalue weighted by molar-refractivity contribution is -0.384. The number of nitrogens with zero attached hydrogens (tertiary/aromatic N) is 4. The van der Waals surface area contributed by atoms with E-state index < -0.39 is 4.92 Å². The molecule has 0 aliphatic carbocycles. The second-order valence-electron chi connectivity index (χ2n) is 4.28. The molecule has 0 saturated carbocycles. The number of nitro groups is 1. The molecule has 0 saturated heterocycles. The second-order valence-corrected chi connectivity index (χ2v) is 4.28. The van der Waals surface area contributed by atoms with Crippen molar-refractivity contribution < 1.29 is 4.92 Å². The molecular weight excluding hydrogens is 260 g/mol. The maximum absolute atomic E-state index is 10.9. The van der Waals surface area contributed by atoms with Crippen LogP contribution >= 0.6 is 0 Å². The average molecular weight is 276 g/mol. The minimum Gasteiger partial charge on any atom is -0.373 e. The lowest BCUT2D eigenvalue weighted by atomic mass is 10.3. The molecule has 2 rings (SSSR count). The van der Waals surface area contributed by atoms with E-state index in [-0.39, 0.29) is 11.5 Å². The molecule has 0 atom stereocenters. The Hall–Kier alpha value is -2.64. The van der Waals surface area contributed by atoms with Crippen molar-refractivity contribution in [2.24, 2.45) is 0 Å². The van der Waals surface area contributed by atoms with E-state index in [9.17, 15) is 10.1 Å². The summed E-state index contributed by atoms with van der Waals surface area (Å²) in [6, 6.07) is 3.00. The molecular formula is C12H16N6O2. The molecule has 2 N–H and O–H groups in total. The van der Waals surface area contributed by atoms with Gasteiger partial charge in [0.1, 0.15) is 5.82 Å². The van der Waals surface area contributed by atoms with Crippen molar-refractivity contribution in [3.8, 4) is 0 Å². The number of anilines is 2. The molecule has 0 aromatic carbocycles. The van der Waals surface area contributed by atoms with Crippen LogP contribution in [0.1, 0.15) is 5.56 Å². The van der Waals surface area contributed by atoms with Gasteiger partial charge in [-0.15, -0.1) is 0 Å². The molecule has 20 heavy (non-hydrogen) atoms. The van der Waals surface area contributed by atoms with Gasteiger partial charge in [-0.05, 0) is 18.6 Å². The van der Waals surface area contributed by atoms with Crippen molar-refractivity contribution in [2.75, 3.05) is 24.2 Å². The Bertz CT molecular complexity index is 610. The summed E-state index contributed by atoms with van der Waals surface area (Å²) in [6.45, 7) is 3.07. The SMILES string of the molecule is CNc1ccc([N+](=O)[O-])c(NCCn2cc(C)cn2)n1. The predicted molar refractivity (Wildman–Crippen MR) is 75.9 cm³/mol. The van der Waals surface area contributed by atoms with Gasteiger partial charge in [-0.2, -0.15) is 5.10 Å². The van der Waals surface area contributed by atoms with Crippen LogP contribution in [-0.4, -0.2) is 33.3 Å². The maximum atomic E-state index is 10.9. The highest BCUT2D eigenvalue weighted by Gasteiger charge is 2.15. The Morgan fingerprint density at radius 2 is 2.25 bits per heavy atom. The van der Waals surface area contributed by atoms with Crippen molar-refractivity contribution in [3.05, 3.63) is 40.2 Å². The zero-order chi connectivity index (χ0) is 14.5. The first-order valence-corrected chi connectivity index (χ1v) is 6.16. The molecule has 0 bridgehead atoms. The Balaban J connectivity index is 2.05. The average Bonchev–Trinajstić information content (AvgIpc) is 2.84. The van der Waals surface area contributed by atoms with Gasteiger partial charge in [0.2, 0.25) is 5.82 Å². The van der Waals surface area contributed by atoms with Crippen LogP contribution in [0.5, 0.6) is 0 Å². The van der Waals surface area contributed by atoms with Crippen LogP contribution in [0.15, 0.2) is 24.5 Å². The molecule has 106 valence electrons. The largest absolute Gasteiger partial charge is 0.373 e. The lowest BCUT2D eigenvalue weighted by Crippen LogP contribution is -2.13. The van der Waals surface area contributed by atoms with Gasteiger partial charge in [0.05, 0.1) is 17.7 Å². The first-order chi connectivity index (χ1) is 9.60. The summed E-state index contributed by atoms with van der Waals surface area (Å²) in [5.41, 5.74) is 1.03. The van der Waals surface area contributed by atoms with E-state index in [1.807, 2.05) is 13.1 Å². The molecule has 2 heterocycles. The summed E-state index contributed by atoms with van der Waals surface area (Å²) < 4.78 is 1.77. The van der Waals surface area contributed by atoms with Gasteiger partial charge in [0, 0.05) is 25.9 Å². The smallest absolute Gasteiger partial charge is 0.311 e. The van der Waals surface area contributed by atoms with E-state index in [0.29, 0.717) is 18.9 Å². The minimum atomic E-state index is -0.452. The molecule has 8 heteroatoms. The number of aromatic nitrogens is 3. The van der Waals surface area contributed by atoms with Crippen LogP contribution in [-0.2, 0) is 6.54 Å². The van der Waals surface area contributed by atoms with Gasteiger partial charge in [-0.3, -0.25) is 14.8 Å². The minimum absolute atomic E-state index is 0.0411. The molecule has 2 aromatic rings. The first kappa shape index (κ1) is 13.8. The molecule has 0 aliphatic heterocycles. The molecule has 0 radical (unpaired) electrons.